The molecule has 0 aromatic heterocycles. The van der Waals surface area contributed by atoms with Crippen LogP contribution in [0.4, 0.5) is 11.4 Å². The van der Waals surface area contributed by atoms with Crippen LogP contribution in [0, 0.1) is 0 Å². The molecule has 0 saturated carbocycles. The number of nitrogens with one attached hydrogen (secondary N) is 1. The lowest BCUT2D eigenvalue weighted by Crippen LogP contribution is -2.10. The van der Waals surface area contributed by atoms with Crippen LogP contribution < -0.4 is 10.2 Å². The number of nitrogens with zero attached hydrogens (tertiary/aromatic N) is 2. The van der Waals surface area contributed by atoms with Crippen LogP contribution in [-0.2, 0) is 13.1 Å². The van der Waals surface area contributed by atoms with Gasteiger partial charge in [-0.15, -0.1) is 0 Å². The minimum atomic E-state index is 0.848. The van der Waals surface area contributed by atoms with Crippen molar-refractivity contribution in [1.29, 1.82) is 0 Å². The summed E-state index contributed by atoms with van der Waals surface area (Å²) in [6, 6.07) is 17.3. The van der Waals surface area contributed by atoms with E-state index in [0.29, 0.717) is 0 Å². The van der Waals surface area contributed by atoms with E-state index >= 15 is 0 Å². The highest BCUT2D eigenvalue weighted by atomic mass is 15.1. The predicted molar refractivity (Wildman–Crippen MR) is 91.9 cm³/mol. The van der Waals surface area contributed by atoms with E-state index in [0.717, 1.165) is 18.8 Å². The molecule has 3 nitrogen and oxygen atoms in total. The van der Waals surface area contributed by atoms with Crippen molar-refractivity contribution in [2.24, 2.45) is 0 Å². The summed E-state index contributed by atoms with van der Waals surface area (Å²) in [5.41, 5.74) is 5.01. The fourth-order valence-electron chi connectivity index (χ4n) is 2.21. The van der Waals surface area contributed by atoms with Gasteiger partial charge in [-0.2, -0.15) is 0 Å². The Morgan fingerprint density at radius 3 is 1.86 bits per heavy atom. The first-order valence-corrected chi connectivity index (χ1v) is 7.28. The molecule has 2 rings (SSSR count). The Morgan fingerprint density at radius 1 is 0.762 bits per heavy atom. The van der Waals surface area contributed by atoms with Gasteiger partial charge >= 0.3 is 0 Å². The maximum Gasteiger partial charge on any atom is 0.0400 e. The smallest absolute Gasteiger partial charge is 0.0400 e. The highest BCUT2D eigenvalue weighted by Crippen LogP contribution is 2.15. The number of hydrogen-bond acceptors (Lipinski definition) is 3. The van der Waals surface area contributed by atoms with Gasteiger partial charge in [-0.25, -0.2) is 0 Å². The minimum Gasteiger partial charge on any atom is -0.381 e. The molecule has 112 valence electrons. The molecule has 0 spiro atoms. The molecule has 21 heavy (non-hydrogen) atoms. The summed E-state index contributed by atoms with van der Waals surface area (Å²) in [5.74, 6) is 0. The van der Waals surface area contributed by atoms with Gasteiger partial charge in [-0.05, 0) is 49.5 Å². The zero-order chi connectivity index (χ0) is 15.2. The highest BCUT2D eigenvalue weighted by Gasteiger charge is 1.98. The van der Waals surface area contributed by atoms with E-state index in [9.17, 15) is 0 Å². The number of benzene rings is 2. The molecule has 3 heteroatoms. The Morgan fingerprint density at radius 2 is 1.33 bits per heavy atom. The second-order valence-electron chi connectivity index (χ2n) is 5.85. The van der Waals surface area contributed by atoms with Crippen molar-refractivity contribution in [1.82, 2.24) is 4.90 Å². The minimum absolute atomic E-state index is 0.848. The van der Waals surface area contributed by atoms with Crippen LogP contribution in [0.5, 0.6) is 0 Å². The molecule has 0 aliphatic carbocycles. The first-order valence-electron chi connectivity index (χ1n) is 7.28. The monoisotopic (exact) mass is 283 g/mol. The van der Waals surface area contributed by atoms with Gasteiger partial charge in [0.05, 0.1) is 0 Å². The van der Waals surface area contributed by atoms with Crippen LogP contribution in [0.3, 0.4) is 0 Å². The van der Waals surface area contributed by atoms with Gasteiger partial charge in [0.15, 0.2) is 0 Å². The molecule has 0 unspecified atom stereocenters. The standard InChI is InChI=1S/C18H25N3/c1-20(2)14-16-5-9-17(10-6-16)19-13-15-7-11-18(12-8-15)21(3)4/h5-12,19H,13-14H2,1-4H3. The molecule has 2 aromatic rings. The van der Waals surface area contributed by atoms with Gasteiger partial charge in [0, 0.05) is 38.6 Å². The van der Waals surface area contributed by atoms with Gasteiger partial charge in [-0.1, -0.05) is 24.3 Å². The van der Waals surface area contributed by atoms with Crippen LogP contribution in [0.25, 0.3) is 0 Å². The van der Waals surface area contributed by atoms with Crippen LogP contribution in [0.2, 0.25) is 0 Å². The average molecular weight is 283 g/mol. The Labute approximate surface area is 128 Å². The van der Waals surface area contributed by atoms with Crippen molar-refractivity contribution in [3.63, 3.8) is 0 Å². The van der Waals surface area contributed by atoms with Gasteiger partial charge < -0.3 is 15.1 Å². The fourth-order valence-corrected chi connectivity index (χ4v) is 2.21. The van der Waals surface area contributed by atoms with E-state index in [1.165, 1.54) is 16.8 Å². The van der Waals surface area contributed by atoms with Crippen LogP contribution in [-0.4, -0.2) is 33.1 Å². The van der Waals surface area contributed by atoms with Crippen molar-refractivity contribution in [2.75, 3.05) is 38.4 Å². The Bertz CT molecular complexity index is 542. The Kier molecular flexibility index (Phi) is 5.23. The number of rotatable bonds is 6. The second kappa shape index (κ2) is 7.14. The van der Waals surface area contributed by atoms with Gasteiger partial charge in [0.2, 0.25) is 0 Å². The first kappa shape index (κ1) is 15.4. The number of anilines is 2. The van der Waals surface area contributed by atoms with Crippen LogP contribution >= 0.6 is 0 Å². The second-order valence-corrected chi connectivity index (χ2v) is 5.85. The molecule has 0 bridgehead atoms. The SMILES string of the molecule is CN(C)Cc1ccc(NCc2ccc(N(C)C)cc2)cc1. The maximum atomic E-state index is 3.46. The number of hydrogen-bond donors (Lipinski definition) is 1. The van der Waals surface area contributed by atoms with E-state index in [1.807, 2.05) is 0 Å². The van der Waals surface area contributed by atoms with Crippen molar-refractivity contribution in [3.05, 3.63) is 59.7 Å². The Hall–Kier alpha value is -2.00. The van der Waals surface area contributed by atoms with Crippen LogP contribution in [0.15, 0.2) is 48.5 Å². The van der Waals surface area contributed by atoms with Crippen LogP contribution in [0.1, 0.15) is 11.1 Å². The van der Waals surface area contributed by atoms with E-state index in [-0.39, 0.29) is 0 Å². The van der Waals surface area contributed by atoms with E-state index < -0.39 is 0 Å². The molecule has 2 aromatic carbocycles. The summed E-state index contributed by atoms with van der Waals surface area (Å²) >= 11 is 0. The molecule has 0 radical (unpaired) electrons. The normalized spacial score (nSPS) is 10.7. The lowest BCUT2D eigenvalue weighted by molar-refractivity contribution is 0.402. The summed E-state index contributed by atoms with van der Waals surface area (Å²) in [4.78, 5) is 4.29. The molecule has 0 aliphatic heterocycles. The molecule has 0 heterocycles. The Balaban J connectivity index is 1.90. The van der Waals surface area contributed by atoms with E-state index in [1.54, 1.807) is 0 Å². The molecule has 0 saturated heterocycles. The summed E-state index contributed by atoms with van der Waals surface area (Å²) in [6.45, 7) is 1.83. The third-order valence-electron chi connectivity index (χ3n) is 3.40. The van der Waals surface area contributed by atoms with Gasteiger partial charge in [0.25, 0.3) is 0 Å². The van der Waals surface area contributed by atoms with Gasteiger partial charge in [0.1, 0.15) is 0 Å². The maximum absolute atomic E-state index is 3.46. The zero-order valence-electron chi connectivity index (χ0n) is 13.4. The lowest BCUT2D eigenvalue weighted by Gasteiger charge is -2.13. The molecular formula is C18H25N3. The third-order valence-corrected chi connectivity index (χ3v) is 3.40. The van der Waals surface area contributed by atoms with Crippen molar-refractivity contribution < 1.29 is 0 Å². The van der Waals surface area contributed by atoms with Crippen molar-refractivity contribution >= 4 is 11.4 Å². The molecule has 1 N–H and O–H groups in total. The topological polar surface area (TPSA) is 18.5 Å². The zero-order valence-corrected chi connectivity index (χ0v) is 13.4. The van der Waals surface area contributed by atoms with E-state index in [4.69, 9.17) is 0 Å². The summed E-state index contributed by atoms with van der Waals surface area (Å²) in [5, 5.41) is 3.46. The summed E-state index contributed by atoms with van der Waals surface area (Å²) < 4.78 is 0. The fraction of sp³-hybridized carbons (Fsp3) is 0.333. The quantitative estimate of drug-likeness (QED) is 0.876. The summed E-state index contributed by atoms with van der Waals surface area (Å²) in [7, 11) is 8.29. The van der Waals surface area contributed by atoms with Crippen molar-refractivity contribution in [3.8, 4) is 0 Å². The van der Waals surface area contributed by atoms with Gasteiger partial charge in [-0.3, -0.25) is 0 Å². The molecule has 0 aliphatic rings. The molecular weight excluding hydrogens is 258 g/mol. The third kappa shape index (κ3) is 4.80. The average Bonchev–Trinajstić information content (AvgIpc) is 2.46. The first-order chi connectivity index (χ1) is 10.0. The largest absolute Gasteiger partial charge is 0.381 e. The molecule has 0 atom stereocenters. The summed E-state index contributed by atoms with van der Waals surface area (Å²) in [6.07, 6.45) is 0. The predicted octanol–water partition coefficient (Wildman–Crippen LogP) is 3.43. The molecule has 0 fully saturated rings. The van der Waals surface area contributed by atoms with Crippen molar-refractivity contribution in [2.45, 2.75) is 13.1 Å². The lowest BCUT2D eigenvalue weighted by atomic mass is 10.1. The molecule has 0 amide bonds. The van der Waals surface area contributed by atoms with E-state index in [2.05, 4.69) is 91.8 Å². The highest BCUT2D eigenvalue weighted by molar-refractivity contribution is 5.48.